The van der Waals surface area contributed by atoms with Crippen LogP contribution in [-0.2, 0) is 0 Å². The lowest BCUT2D eigenvalue weighted by Crippen LogP contribution is -2.23. The summed E-state index contributed by atoms with van der Waals surface area (Å²) in [6.45, 7) is 0. The van der Waals surface area contributed by atoms with Gasteiger partial charge in [-0.3, -0.25) is 4.79 Å². The molecule has 4 N–H and O–H groups in total. The number of Topliss-reactive ketones (excluding diaryl/α,β-unsaturated/α-hetero) is 1. The quantitative estimate of drug-likeness (QED) is 0.124. The van der Waals surface area contributed by atoms with Crippen LogP contribution in [0.25, 0.3) is 0 Å². The molecule has 4 heterocycles. The number of rotatable bonds is 6. The van der Waals surface area contributed by atoms with Crippen molar-refractivity contribution in [3.8, 4) is 11.8 Å². The van der Waals surface area contributed by atoms with Gasteiger partial charge in [-0.1, -0.05) is 46.4 Å². The van der Waals surface area contributed by atoms with Crippen molar-refractivity contribution in [2.45, 2.75) is 5.92 Å². The van der Waals surface area contributed by atoms with Crippen molar-refractivity contribution in [2.75, 3.05) is 10.6 Å². The minimum Gasteiger partial charge on any atom is -0.493 e. The average Bonchev–Trinajstić information content (AvgIpc) is 3.84. The standard InChI is InChI=1S/C30H16Cl4N12O5/c31-12-1-6-15(7-2-12)35-29(50)39-27-42-41-23-24(48)38-22(45(23)27)19(21(47)17-10-5-14(33)11-18(17)34)20-25(49)46-26(37-20)43-44-28(46)40-30(51)36-16-8-3-13(32)4-9-16/h1-11,19,48-49H,(H,35,50)(H,36,51)/t19-/m1/s1. The predicted octanol–water partition coefficient (Wildman–Crippen LogP) is 8.19. The molecule has 3 aromatic carbocycles. The fourth-order valence-electron chi connectivity index (χ4n) is 4.93. The number of urea groups is 2. The van der Waals surface area contributed by atoms with E-state index in [4.69, 9.17) is 46.4 Å². The molecule has 1 atom stereocenters. The van der Waals surface area contributed by atoms with E-state index in [0.29, 0.717) is 21.4 Å². The largest absolute Gasteiger partial charge is 0.493 e. The molecule has 4 amide bonds. The smallest absolute Gasteiger partial charge is 0.348 e. The van der Waals surface area contributed by atoms with Gasteiger partial charge < -0.3 is 20.8 Å². The van der Waals surface area contributed by atoms with Crippen LogP contribution in [-0.4, -0.2) is 59.1 Å². The Morgan fingerprint density at radius 1 is 0.686 bits per heavy atom. The number of nitrogens with zero attached hydrogens (tertiary/aromatic N) is 10. The molecule has 0 saturated carbocycles. The Labute approximate surface area is 304 Å². The first-order valence-electron chi connectivity index (χ1n) is 14.2. The zero-order valence-corrected chi connectivity index (χ0v) is 28.1. The van der Waals surface area contributed by atoms with E-state index in [1.165, 1.54) is 30.3 Å². The Morgan fingerprint density at radius 3 is 1.82 bits per heavy atom. The lowest BCUT2D eigenvalue weighted by molar-refractivity contribution is 0.0968. The summed E-state index contributed by atoms with van der Waals surface area (Å²) >= 11 is 24.3. The third kappa shape index (κ3) is 6.53. The van der Waals surface area contributed by atoms with E-state index >= 15 is 0 Å². The molecule has 0 aliphatic carbocycles. The second kappa shape index (κ2) is 13.4. The highest BCUT2D eigenvalue weighted by Crippen LogP contribution is 2.43. The van der Waals surface area contributed by atoms with Gasteiger partial charge in [0.05, 0.1) is 5.02 Å². The second-order valence-electron chi connectivity index (χ2n) is 10.4. The fourth-order valence-corrected chi connectivity index (χ4v) is 5.69. The van der Waals surface area contributed by atoms with Crippen LogP contribution < -0.4 is 10.6 Å². The van der Waals surface area contributed by atoms with Gasteiger partial charge in [-0.15, -0.1) is 20.5 Å². The second-order valence-corrected chi connectivity index (χ2v) is 12.1. The normalized spacial score (nSPS) is 14.9. The van der Waals surface area contributed by atoms with Gasteiger partial charge in [0.2, 0.25) is 11.7 Å². The Morgan fingerprint density at radius 2 is 1.24 bits per heavy atom. The molecule has 0 radical (unpaired) electrons. The van der Waals surface area contributed by atoms with Gasteiger partial charge in [-0.25, -0.2) is 23.7 Å². The van der Waals surface area contributed by atoms with Crippen LogP contribution in [0, 0.1) is 0 Å². The Balaban J connectivity index is 1.30. The number of benzene rings is 3. The average molecular weight is 766 g/mol. The van der Waals surface area contributed by atoms with E-state index in [1.807, 2.05) is 0 Å². The Hall–Kier alpha value is -6.01. The molecule has 0 fully saturated rings. The number of aromatic nitrogens is 4. The van der Waals surface area contributed by atoms with E-state index in [-0.39, 0.29) is 38.9 Å². The van der Waals surface area contributed by atoms with Gasteiger partial charge in [0.1, 0.15) is 17.4 Å². The predicted molar refractivity (Wildman–Crippen MR) is 186 cm³/mol. The van der Waals surface area contributed by atoms with Crippen molar-refractivity contribution >= 4 is 99.3 Å². The van der Waals surface area contributed by atoms with Gasteiger partial charge in [-0.2, -0.15) is 15.0 Å². The number of aromatic hydroxyl groups is 2. The Bertz CT molecular complexity index is 2400. The van der Waals surface area contributed by atoms with Crippen LogP contribution in [0.1, 0.15) is 27.8 Å². The summed E-state index contributed by atoms with van der Waals surface area (Å²) in [6, 6.07) is 14.7. The van der Waals surface area contributed by atoms with Crippen molar-refractivity contribution in [2.24, 2.45) is 30.4 Å². The Kier molecular flexibility index (Phi) is 8.78. The SMILES string of the molecule is O=C(N=C1N=Nc2nc([C@H](C(=O)c3ccc(Cl)cc3Cl)c3nc(O)c4n3C(=NC(=O)Nc3ccc(Cl)cc3)N=N4)c(O)n21)Nc1ccc(Cl)cc1. The van der Waals surface area contributed by atoms with Crippen LogP contribution in [0.3, 0.4) is 0 Å². The van der Waals surface area contributed by atoms with Crippen LogP contribution in [0.15, 0.2) is 97.2 Å². The first-order valence-corrected chi connectivity index (χ1v) is 15.7. The topological polar surface area (TPSA) is 226 Å². The van der Waals surface area contributed by atoms with Crippen molar-refractivity contribution in [3.05, 3.63) is 104 Å². The number of carbonyl (C=O) groups is 3. The van der Waals surface area contributed by atoms with Crippen LogP contribution in [0.5, 0.6) is 11.8 Å². The lowest BCUT2D eigenvalue weighted by atomic mass is 9.93. The summed E-state index contributed by atoms with van der Waals surface area (Å²) in [7, 11) is 0. The summed E-state index contributed by atoms with van der Waals surface area (Å²) in [6.07, 6.45) is 0. The number of amides is 4. The van der Waals surface area contributed by atoms with Gasteiger partial charge in [0.15, 0.2) is 5.78 Å². The third-order valence-electron chi connectivity index (χ3n) is 7.17. The number of ketones is 1. The maximum Gasteiger partial charge on any atom is 0.348 e. The van der Waals surface area contributed by atoms with Crippen LogP contribution in [0.4, 0.5) is 32.7 Å². The minimum atomic E-state index is -1.70. The molecule has 51 heavy (non-hydrogen) atoms. The zero-order chi connectivity index (χ0) is 36.0. The molecule has 2 aromatic heterocycles. The highest BCUT2D eigenvalue weighted by molar-refractivity contribution is 6.37. The van der Waals surface area contributed by atoms with Gasteiger partial charge in [-0.05, 0) is 66.7 Å². The molecule has 21 heteroatoms. The number of carbonyl (C=O) groups excluding carboxylic acids is 3. The number of imidazole rings is 2. The number of hydrogen-bond acceptors (Lipinski definition) is 9. The van der Waals surface area contributed by atoms with Crippen molar-refractivity contribution in [1.29, 1.82) is 0 Å². The first kappa shape index (κ1) is 33.5. The van der Waals surface area contributed by atoms with E-state index in [2.05, 4.69) is 51.0 Å². The molecule has 0 saturated heterocycles. The molecule has 2 aliphatic rings. The van der Waals surface area contributed by atoms with E-state index in [9.17, 15) is 24.6 Å². The number of hydrogen-bond donors (Lipinski definition) is 4. The summed E-state index contributed by atoms with van der Waals surface area (Å²) < 4.78 is 1.95. The summed E-state index contributed by atoms with van der Waals surface area (Å²) in [5.41, 5.74) is 0.261. The molecule has 0 spiro atoms. The van der Waals surface area contributed by atoms with Crippen molar-refractivity contribution in [3.63, 3.8) is 0 Å². The monoisotopic (exact) mass is 764 g/mol. The molecule has 5 aromatic rings. The molecule has 0 bridgehead atoms. The maximum atomic E-state index is 14.4. The van der Waals surface area contributed by atoms with Gasteiger partial charge in [0.25, 0.3) is 23.7 Å². The highest BCUT2D eigenvalue weighted by Gasteiger charge is 2.41. The highest BCUT2D eigenvalue weighted by atomic mass is 35.5. The maximum absolute atomic E-state index is 14.4. The third-order valence-corrected chi connectivity index (χ3v) is 8.22. The van der Waals surface area contributed by atoms with Gasteiger partial charge >= 0.3 is 12.1 Å². The number of aliphatic imine (C=N–C) groups is 2. The van der Waals surface area contributed by atoms with Gasteiger partial charge in [0, 0.05) is 32.0 Å². The number of fused-ring (bicyclic) bond motifs is 2. The van der Waals surface area contributed by atoms with Crippen molar-refractivity contribution < 1.29 is 24.6 Å². The molecular weight excluding hydrogens is 750 g/mol. The van der Waals surface area contributed by atoms with Crippen molar-refractivity contribution in [1.82, 2.24) is 19.1 Å². The molecule has 0 unspecified atom stereocenters. The molecule has 2 aliphatic heterocycles. The van der Waals surface area contributed by atoms with E-state index in [0.717, 1.165) is 9.13 Å². The molecular formula is C30H16Cl4N12O5. The fraction of sp³-hybridized carbons (Fsp3) is 0.0333. The first-order chi connectivity index (χ1) is 24.5. The summed E-state index contributed by atoms with van der Waals surface area (Å²) in [4.78, 5) is 56.3. The summed E-state index contributed by atoms with van der Waals surface area (Å²) in [5.74, 6) is -5.58. The van der Waals surface area contributed by atoms with E-state index < -0.39 is 47.4 Å². The number of azo groups is 2. The molecule has 7 rings (SSSR count). The minimum absolute atomic E-state index is 0.0624. The number of anilines is 2. The zero-order valence-electron chi connectivity index (χ0n) is 25.0. The lowest BCUT2D eigenvalue weighted by Gasteiger charge is -2.16. The number of halogens is 4. The molecule has 254 valence electrons. The van der Waals surface area contributed by atoms with Crippen LogP contribution in [0.2, 0.25) is 20.1 Å². The van der Waals surface area contributed by atoms with E-state index in [1.54, 1.807) is 36.4 Å². The number of nitrogens with one attached hydrogen (secondary N) is 2. The van der Waals surface area contributed by atoms with Crippen LogP contribution >= 0.6 is 46.4 Å². The summed E-state index contributed by atoms with van der Waals surface area (Å²) in [5, 5.41) is 43.9. The molecule has 17 nitrogen and oxygen atoms in total.